The molecule has 9 heteroatoms. The van der Waals surface area contributed by atoms with Gasteiger partial charge in [-0.2, -0.15) is 10.2 Å². The molecule has 8 nitrogen and oxygen atoms in total. The van der Waals surface area contributed by atoms with E-state index in [0.29, 0.717) is 23.5 Å². The van der Waals surface area contributed by atoms with E-state index >= 15 is 0 Å². The summed E-state index contributed by atoms with van der Waals surface area (Å²) in [7, 11) is -1.83. The number of carbonyl (C=O) groups is 1. The molecular weight excluding hydrogens is 402 g/mol. The SMILES string of the molecule is CCCCCS(=O)(=O)NC(=O)/C=C/c1c(C)nn(C)c1-n1nc(C)c2ccccc21. The standard InChI is InChI=1S/C21H27N5O3S/c1-5-6-9-14-30(28,29)24-20(27)13-12-18-16(3)22-25(4)21(18)26-19-11-8-7-10-17(19)15(2)23-26/h7-8,10-13H,5-6,9,14H2,1-4H3,(H,24,27)/b13-12+. The fourth-order valence-corrected chi connectivity index (χ4v) is 4.49. The molecule has 30 heavy (non-hydrogen) atoms. The molecule has 0 aliphatic carbocycles. The predicted molar refractivity (Wildman–Crippen MR) is 118 cm³/mol. The van der Waals surface area contributed by atoms with Crippen LogP contribution < -0.4 is 4.72 Å². The van der Waals surface area contributed by atoms with Crippen LogP contribution in [0.25, 0.3) is 22.8 Å². The fraction of sp³-hybridized carbons (Fsp3) is 0.381. The largest absolute Gasteiger partial charge is 0.269 e. The van der Waals surface area contributed by atoms with Crippen LogP contribution in [0.15, 0.2) is 30.3 Å². The molecule has 3 aromatic rings. The zero-order chi connectivity index (χ0) is 21.9. The molecular formula is C21H27N5O3S. The van der Waals surface area contributed by atoms with E-state index in [-0.39, 0.29) is 5.75 Å². The Morgan fingerprint density at radius 3 is 2.60 bits per heavy atom. The summed E-state index contributed by atoms with van der Waals surface area (Å²) in [5.74, 6) is -0.0373. The Kier molecular flexibility index (Phi) is 6.40. The number of rotatable bonds is 8. The summed E-state index contributed by atoms with van der Waals surface area (Å²) in [5, 5.41) is 10.1. The fourth-order valence-electron chi connectivity index (χ4n) is 3.43. The highest BCUT2D eigenvalue weighted by Gasteiger charge is 2.18. The second-order valence-electron chi connectivity index (χ2n) is 7.29. The third kappa shape index (κ3) is 4.62. The van der Waals surface area contributed by atoms with Gasteiger partial charge in [0.2, 0.25) is 10.0 Å². The van der Waals surface area contributed by atoms with Crippen LogP contribution in [-0.4, -0.2) is 39.6 Å². The number of sulfonamides is 1. The third-order valence-electron chi connectivity index (χ3n) is 4.88. The number of hydrogen-bond acceptors (Lipinski definition) is 5. The average Bonchev–Trinajstić information content (AvgIpc) is 3.15. The number of para-hydroxylation sites is 1. The van der Waals surface area contributed by atoms with Gasteiger partial charge in [0, 0.05) is 24.1 Å². The second kappa shape index (κ2) is 8.83. The molecule has 1 amide bonds. The summed E-state index contributed by atoms with van der Waals surface area (Å²) >= 11 is 0. The molecule has 0 spiro atoms. The van der Waals surface area contributed by atoms with Crippen LogP contribution in [0.2, 0.25) is 0 Å². The first-order chi connectivity index (χ1) is 14.2. The first kappa shape index (κ1) is 21.8. The maximum Gasteiger partial charge on any atom is 0.257 e. The van der Waals surface area contributed by atoms with Crippen molar-refractivity contribution in [2.75, 3.05) is 5.75 Å². The Hall–Kier alpha value is -2.94. The Morgan fingerprint density at radius 1 is 1.13 bits per heavy atom. The molecule has 0 fully saturated rings. The highest BCUT2D eigenvalue weighted by atomic mass is 32.2. The molecule has 1 N–H and O–H groups in total. The number of fused-ring (bicyclic) bond motifs is 1. The molecule has 0 saturated heterocycles. The molecule has 0 saturated carbocycles. The van der Waals surface area contributed by atoms with Crippen molar-refractivity contribution in [2.45, 2.75) is 40.0 Å². The summed E-state index contributed by atoms with van der Waals surface area (Å²) in [6, 6.07) is 7.88. The average molecular weight is 430 g/mol. The van der Waals surface area contributed by atoms with E-state index in [1.165, 1.54) is 6.08 Å². The molecule has 0 aliphatic rings. The van der Waals surface area contributed by atoms with Crippen molar-refractivity contribution in [3.05, 3.63) is 47.3 Å². The van der Waals surface area contributed by atoms with Crippen molar-refractivity contribution in [1.29, 1.82) is 0 Å². The van der Waals surface area contributed by atoms with Gasteiger partial charge in [0.15, 0.2) is 5.82 Å². The van der Waals surface area contributed by atoms with Gasteiger partial charge in [-0.05, 0) is 32.4 Å². The molecule has 2 heterocycles. The lowest BCUT2D eigenvalue weighted by molar-refractivity contribution is -0.114. The van der Waals surface area contributed by atoms with Crippen LogP contribution in [0, 0.1) is 13.8 Å². The molecule has 0 radical (unpaired) electrons. The Balaban J connectivity index is 1.90. The Bertz CT molecular complexity index is 1200. The quantitative estimate of drug-likeness (QED) is 0.438. The van der Waals surface area contributed by atoms with Gasteiger partial charge in [0.1, 0.15) is 0 Å². The number of carbonyl (C=O) groups excluding carboxylic acids is 1. The van der Waals surface area contributed by atoms with E-state index in [1.807, 2.05) is 52.1 Å². The van der Waals surface area contributed by atoms with Gasteiger partial charge in [-0.3, -0.25) is 9.48 Å². The smallest absolute Gasteiger partial charge is 0.257 e. The van der Waals surface area contributed by atoms with Gasteiger partial charge < -0.3 is 0 Å². The van der Waals surface area contributed by atoms with Gasteiger partial charge in [0.05, 0.1) is 22.7 Å². The minimum Gasteiger partial charge on any atom is -0.269 e. The van der Waals surface area contributed by atoms with Crippen LogP contribution >= 0.6 is 0 Å². The lowest BCUT2D eigenvalue weighted by Gasteiger charge is -2.06. The van der Waals surface area contributed by atoms with E-state index in [0.717, 1.165) is 29.4 Å². The van der Waals surface area contributed by atoms with E-state index in [9.17, 15) is 13.2 Å². The molecule has 3 rings (SSSR count). The van der Waals surface area contributed by atoms with Gasteiger partial charge in [0.25, 0.3) is 5.91 Å². The zero-order valence-corrected chi connectivity index (χ0v) is 18.5. The number of nitrogens with one attached hydrogen (secondary N) is 1. The number of aromatic nitrogens is 4. The van der Waals surface area contributed by atoms with Crippen LogP contribution in [0.5, 0.6) is 0 Å². The summed E-state index contributed by atoms with van der Waals surface area (Å²) < 4.78 is 29.7. The van der Waals surface area contributed by atoms with Crippen molar-refractivity contribution >= 4 is 32.9 Å². The van der Waals surface area contributed by atoms with E-state index < -0.39 is 15.9 Å². The number of benzene rings is 1. The lowest BCUT2D eigenvalue weighted by Crippen LogP contribution is -2.31. The number of amides is 1. The van der Waals surface area contributed by atoms with E-state index in [1.54, 1.807) is 15.4 Å². The Morgan fingerprint density at radius 2 is 1.87 bits per heavy atom. The highest BCUT2D eigenvalue weighted by Crippen LogP contribution is 2.25. The lowest BCUT2D eigenvalue weighted by atomic mass is 10.2. The minimum absolute atomic E-state index is 0.0594. The molecule has 0 bridgehead atoms. The van der Waals surface area contributed by atoms with Crippen molar-refractivity contribution < 1.29 is 13.2 Å². The van der Waals surface area contributed by atoms with Crippen molar-refractivity contribution in [1.82, 2.24) is 24.3 Å². The number of aryl methyl sites for hydroxylation is 3. The number of nitrogens with zero attached hydrogens (tertiary/aromatic N) is 4. The monoisotopic (exact) mass is 429 g/mol. The first-order valence-electron chi connectivity index (χ1n) is 9.94. The molecule has 160 valence electrons. The van der Waals surface area contributed by atoms with Crippen LogP contribution in [-0.2, 0) is 21.9 Å². The van der Waals surface area contributed by atoms with Gasteiger partial charge in [-0.1, -0.05) is 38.0 Å². The van der Waals surface area contributed by atoms with E-state index in [4.69, 9.17) is 0 Å². The first-order valence-corrected chi connectivity index (χ1v) is 11.6. The van der Waals surface area contributed by atoms with Crippen LogP contribution in [0.3, 0.4) is 0 Å². The van der Waals surface area contributed by atoms with Gasteiger partial charge >= 0.3 is 0 Å². The summed E-state index contributed by atoms with van der Waals surface area (Å²) in [6.45, 7) is 5.77. The number of unbranched alkanes of at least 4 members (excludes halogenated alkanes) is 2. The predicted octanol–water partition coefficient (Wildman–Crippen LogP) is 3.03. The van der Waals surface area contributed by atoms with Gasteiger partial charge in [-0.15, -0.1) is 0 Å². The molecule has 0 aliphatic heterocycles. The van der Waals surface area contributed by atoms with Gasteiger partial charge in [-0.25, -0.2) is 17.8 Å². The summed E-state index contributed by atoms with van der Waals surface area (Å²) in [5.41, 5.74) is 3.22. The minimum atomic E-state index is -3.64. The Labute approximate surface area is 176 Å². The molecule has 2 aromatic heterocycles. The summed E-state index contributed by atoms with van der Waals surface area (Å²) in [6.07, 6.45) is 5.05. The molecule has 0 unspecified atom stereocenters. The molecule has 0 atom stereocenters. The normalized spacial score (nSPS) is 12.1. The third-order valence-corrected chi connectivity index (χ3v) is 6.22. The maximum absolute atomic E-state index is 12.2. The maximum atomic E-state index is 12.2. The second-order valence-corrected chi connectivity index (χ2v) is 9.13. The van der Waals surface area contributed by atoms with E-state index in [2.05, 4.69) is 14.9 Å². The number of hydrogen-bond donors (Lipinski definition) is 1. The van der Waals surface area contributed by atoms with Crippen molar-refractivity contribution in [3.63, 3.8) is 0 Å². The van der Waals surface area contributed by atoms with Crippen LogP contribution in [0.4, 0.5) is 0 Å². The highest BCUT2D eigenvalue weighted by molar-refractivity contribution is 7.90. The molecule has 1 aromatic carbocycles. The van der Waals surface area contributed by atoms with Crippen molar-refractivity contribution in [3.8, 4) is 5.82 Å². The zero-order valence-electron chi connectivity index (χ0n) is 17.7. The van der Waals surface area contributed by atoms with Crippen molar-refractivity contribution in [2.24, 2.45) is 7.05 Å². The van der Waals surface area contributed by atoms with Crippen LogP contribution in [0.1, 0.15) is 43.1 Å². The summed E-state index contributed by atoms with van der Waals surface area (Å²) in [4.78, 5) is 12.2. The topological polar surface area (TPSA) is 98.9 Å².